The van der Waals surface area contributed by atoms with Gasteiger partial charge in [-0.1, -0.05) is 91.0 Å². The number of aliphatic hydroxyl groups excluding tert-OH is 1. The summed E-state index contributed by atoms with van der Waals surface area (Å²) < 4.78 is 5.97. The molecule has 0 saturated carbocycles. The number of hydrogen-bond donors (Lipinski definition) is 1. The van der Waals surface area contributed by atoms with E-state index in [0.29, 0.717) is 13.0 Å². The molecule has 3 aromatic carbocycles. The molecule has 0 heterocycles. The van der Waals surface area contributed by atoms with Crippen LogP contribution in [0.3, 0.4) is 0 Å². The van der Waals surface area contributed by atoms with Crippen molar-refractivity contribution in [2.75, 3.05) is 0 Å². The van der Waals surface area contributed by atoms with Gasteiger partial charge in [0.2, 0.25) is 0 Å². The molecule has 1 N–H and O–H groups in total. The first-order valence-electron chi connectivity index (χ1n) is 9.17. The zero-order valence-electron chi connectivity index (χ0n) is 15.2. The van der Waals surface area contributed by atoms with Crippen molar-refractivity contribution in [2.45, 2.75) is 31.7 Å². The van der Waals surface area contributed by atoms with E-state index in [1.807, 2.05) is 91.0 Å². The normalized spacial score (nSPS) is 13.1. The fraction of sp³-hybridized carbons (Fsp3) is 0.208. The maximum absolute atomic E-state index is 12.9. The second kappa shape index (κ2) is 9.81. The van der Waals surface area contributed by atoms with Crippen LogP contribution in [0.5, 0.6) is 0 Å². The van der Waals surface area contributed by atoms with Crippen LogP contribution in [-0.4, -0.2) is 17.0 Å². The summed E-state index contributed by atoms with van der Waals surface area (Å²) in [6.45, 7) is 0.367. The summed E-state index contributed by atoms with van der Waals surface area (Å²) in [4.78, 5) is 12.9. The quantitative estimate of drug-likeness (QED) is 0.611. The summed E-state index contributed by atoms with van der Waals surface area (Å²) in [7, 11) is 0. The van der Waals surface area contributed by atoms with Gasteiger partial charge in [0.15, 0.2) is 5.78 Å². The van der Waals surface area contributed by atoms with Gasteiger partial charge in [-0.05, 0) is 16.7 Å². The molecule has 0 radical (unpaired) electrons. The first kappa shape index (κ1) is 19.0. The molecule has 3 aromatic rings. The van der Waals surface area contributed by atoms with Crippen molar-refractivity contribution < 1.29 is 14.6 Å². The first-order chi connectivity index (χ1) is 13.2. The minimum absolute atomic E-state index is 0.0380. The third-order valence-electron chi connectivity index (χ3n) is 4.50. The second-order valence-corrected chi connectivity index (χ2v) is 6.57. The summed E-state index contributed by atoms with van der Waals surface area (Å²) in [5, 5.41) is 10.4. The summed E-state index contributed by atoms with van der Waals surface area (Å²) in [5.74, 6) is -0.0915. The molecule has 3 heteroatoms. The van der Waals surface area contributed by atoms with Gasteiger partial charge in [-0.15, -0.1) is 0 Å². The van der Waals surface area contributed by atoms with E-state index < -0.39 is 12.2 Å². The molecular weight excluding hydrogens is 336 g/mol. The van der Waals surface area contributed by atoms with Crippen LogP contribution in [0.4, 0.5) is 0 Å². The van der Waals surface area contributed by atoms with Crippen LogP contribution in [0.25, 0.3) is 0 Å². The van der Waals surface area contributed by atoms with Crippen molar-refractivity contribution in [3.63, 3.8) is 0 Å². The highest BCUT2D eigenvalue weighted by atomic mass is 16.5. The smallest absolute Gasteiger partial charge is 0.164 e. The van der Waals surface area contributed by atoms with E-state index in [1.54, 1.807) is 0 Å². The predicted molar refractivity (Wildman–Crippen MR) is 106 cm³/mol. The minimum Gasteiger partial charge on any atom is -0.388 e. The number of ether oxygens (including phenoxy) is 1. The number of ketones is 1. The van der Waals surface area contributed by atoms with Gasteiger partial charge in [-0.25, -0.2) is 0 Å². The van der Waals surface area contributed by atoms with Crippen LogP contribution in [0, 0.1) is 0 Å². The molecule has 0 aliphatic rings. The standard InChI is InChI=1S/C24H24O3/c25-22(21-14-8-3-9-15-21)17-23(26)24(16-19-10-4-1-5-11-19)27-18-20-12-6-2-7-13-20/h1-15,22,24-25H,16-18H2/t22-,24-/m0/s1. The van der Waals surface area contributed by atoms with Crippen molar-refractivity contribution >= 4 is 5.78 Å². The molecule has 0 unspecified atom stereocenters. The lowest BCUT2D eigenvalue weighted by Crippen LogP contribution is -2.28. The van der Waals surface area contributed by atoms with E-state index in [-0.39, 0.29) is 12.2 Å². The zero-order valence-corrected chi connectivity index (χ0v) is 15.2. The fourth-order valence-corrected chi connectivity index (χ4v) is 2.98. The highest BCUT2D eigenvalue weighted by Crippen LogP contribution is 2.20. The van der Waals surface area contributed by atoms with Crippen LogP contribution >= 0.6 is 0 Å². The van der Waals surface area contributed by atoms with Gasteiger partial charge in [-0.3, -0.25) is 4.79 Å². The Kier molecular flexibility index (Phi) is 6.91. The summed E-state index contributed by atoms with van der Waals surface area (Å²) in [6, 6.07) is 28.9. The number of Topliss-reactive ketones (excluding diaryl/α,β-unsaturated/α-hetero) is 1. The van der Waals surface area contributed by atoms with Crippen LogP contribution in [0.2, 0.25) is 0 Å². The summed E-state index contributed by atoms with van der Waals surface area (Å²) in [5.41, 5.74) is 2.80. The van der Waals surface area contributed by atoms with Crippen molar-refractivity contribution in [3.8, 4) is 0 Å². The van der Waals surface area contributed by atoms with Crippen LogP contribution < -0.4 is 0 Å². The molecule has 0 spiro atoms. The highest BCUT2D eigenvalue weighted by Gasteiger charge is 2.23. The average molecular weight is 360 g/mol. The van der Waals surface area contributed by atoms with E-state index in [4.69, 9.17) is 4.74 Å². The Labute approximate surface area is 160 Å². The molecule has 2 atom stereocenters. The molecule has 138 valence electrons. The molecule has 27 heavy (non-hydrogen) atoms. The van der Waals surface area contributed by atoms with Crippen molar-refractivity contribution in [1.82, 2.24) is 0 Å². The molecular formula is C24H24O3. The number of carbonyl (C=O) groups excluding carboxylic acids is 1. The fourth-order valence-electron chi connectivity index (χ4n) is 2.98. The molecule has 0 aliphatic carbocycles. The largest absolute Gasteiger partial charge is 0.388 e. The van der Waals surface area contributed by atoms with E-state index in [0.717, 1.165) is 16.7 Å². The van der Waals surface area contributed by atoms with Crippen molar-refractivity contribution in [1.29, 1.82) is 0 Å². The van der Waals surface area contributed by atoms with E-state index >= 15 is 0 Å². The maximum Gasteiger partial charge on any atom is 0.164 e. The topological polar surface area (TPSA) is 46.5 Å². The van der Waals surface area contributed by atoms with Crippen LogP contribution in [-0.2, 0) is 22.6 Å². The van der Waals surface area contributed by atoms with Gasteiger partial charge in [0, 0.05) is 12.8 Å². The number of aliphatic hydroxyl groups is 1. The Morgan fingerprint density at radius 3 is 1.89 bits per heavy atom. The first-order valence-corrected chi connectivity index (χ1v) is 9.17. The second-order valence-electron chi connectivity index (χ2n) is 6.57. The Morgan fingerprint density at radius 2 is 1.30 bits per heavy atom. The maximum atomic E-state index is 12.9. The predicted octanol–water partition coefficient (Wildman–Crippen LogP) is 4.51. The van der Waals surface area contributed by atoms with Gasteiger partial charge in [0.05, 0.1) is 12.7 Å². The van der Waals surface area contributed by atoms with Gasteiger partial charge < -0.3 is 9.84 Å². The highest BCUT2D eigenvalue weighted by molar-refractivity contribution is 5.84. The summed E-state index contributed by atoms with van der Waals surface area (Å²) in [6.07, 6.45) is -0.882. The number of hydrogen-bond acceptors (Lipinski definition) is 3. The van der Waals surface area contributed by atoms with Gasteiger partial charge in [0.25, 0.3) is 0 Å². The lowest BCUT2D eigenvalue weighted by molar-refractivity contribution is -0.133. The van der Waals surface area contributed by atoms with E-state index in [1.165, 1.54) is 0 Å². The molecule has 0 aromatic heterocycles. The number of carbonyl (C=O) groups is 1. The Hall–Kier alpha value is -2.75. The Bertz CT molecular complexity index is 816. The SMILES string of the molecule is O=C(C[C@H](O)c1ccccc1)[C@H](Cc1ccccc1)OCc1ccccc1. The number of rotatable bonds is 9. The number of benzene rings is 3. The lowest BCUT2D eigenvalue weighted by Gasteiger charge is -2.19. The molecule has 0 fully saturated rings. The van der Waals surface area contributed by atoms with Crippen molar-refractivity contribution in [3.05, 3.63) is 108 Å². The minimum atomic E-state index is -0.822. The molecule has 0 saturated heterocycles. The van der Waals surface area contributed by atoms with Crippen LogP contribution in [0.1, 0.15) is 29.2 Å². The molecule has 3 rings (SSSR count). The molecule has 0 amide bonds. The Balaban J connectivity index is 1.68. The molecule has 0 aliphatic heterocycles. The molecule has 0 bridgehead atoms. The third-order valence-corrected chi connectivity index (χ3v) is 4.50. The van der Waals surface area contributed by atoms with Crippen molar-refractivity contribution in [2.24, 2.45) is 0 Å². The van der Waals surface area contributed by atoms with E-state index in [2.05, 4.69) is 0 Å². The van der Waals surface area contributed by atoms with Gasteiger partial charge >= 0.3 is 0 Å². The van der Waals surface area contributed by atoms with Gasteiger partial charge in [-0.2, -0.15) is 0 Å². The lowest BCUT2D eigenvalue weighted by atomic mass is 9.98. The Morgan fingerprint density at radius 1 is 0.778 bits per heavy atom. The van der Waals surface area contributed by atoms with E-state index in [9.17, 15) is 9.90 Å². The van der Waals surface area contributed by atoms with Crippen LogP contribution in [0.15, 0.2) is 91.0 Å². The third kappa shape index (κ3) is 5.88. The summed E-state index contributed by atoms with van der Waals surface area (Å²) >= 11 is 0. The van der Waals surface area contributed by atoms with Gasteiger partial charge in [0.1, 0.15) is 6.10 Å². The molecule has 3 nitrogen and oxygen atoms in total. The zero-order chi connectivity index (χ0) is 18.9. The average Bonchev–Trinajstić information content (AvgIpc) is 2.73. The monoisotopic (exact) mass is 360 g/mol.